The topological polar surface area (TPSA) is 56.5 Å². The van der Waals surface area contributed by atoms with E-state index >= 15 is 0 Å². The molecule has 2 unspecified atom stereocenters. The highest BCUT2D eigenvalue weighted by molar-refractivity contribution is 5.28. The van der Waals surface area contributed by atoms with Gasteiger partial charge in [-0.25, -0.2) is 0 Å². The average molecular weight is 288 g/mol. The minimum absolute atomic E-state index is 0.306. The molecule has 1 heterocycles. The summed E-state index contributed by atoms with van der Waals surface area (Å²) < 4.78 is 5.62. The molecule has 0 saturated carbocycles. The maximum Gasteiger partial charge on any atom is 0.119 e. The molecule has 4 heteroatoms. The van der Waals surface area contributed by atoms with Crippen LogP contribution in [0.1, 0.15) is 31.7 Å². The molecule has 0 spiro atoms. The third-order valence-corrected chi connectivity index (χ3v) is 4.03. The van der Waals surface area contributed by atoms with Crippen LogP contribution in [0.4, 0.5) is 0 Å². The third-order valence-electron chi connectivity index (χ3n) is 4.03. The molecular formula is C17H24N2O2. The van der Waals surface area contributed by atoms with Crippen LogP contribution >= 0.6 is 0 Å². The molecule has 0 aliphatic carbocycles. The first-order valence-electron chi connectivity index (χ1n) is 7.70. The molecule has 0 bridgehead atoms. The monoisotopic (exact) mass is 288 g/mol. The van der Waals surface area contributed by atoms with Gasteiger partial charge in [-0.05, 0) is 44.0 Å². The van der Waals surface area contributed by atoms with Crippen molar-refractivity contribution in [2.45, 2.75) is 44.8 Å². The Morgan fingerprint density at radius 3 is 2.81 bits per heavy atom. The Morgan fingerprint density at radius 2 is 2.14 bits per heavy atom. The zero-order chi connectivity index (χ0) is 15.1. The maximum atomic E-state index is 10.1. The summed E-state index contributed by atoms with van der Waals surface area (Å²) in [6, 6.07) is 10.1. The molecule has 21 heavy (non-hydrogen) atoms. The van der Waals surface area contributed by atoms with Gasteiger partial charge in [-0.2, -0.15) is 5.26 Å². The van der Waals surface area contributed by atoms with E-state index in [1.165, 1.54) is 19.3 Å². The molecule has 114 valence electrons. The van der Waals surface area contributed by atoms with Crippen molar-refractivity contribution in [3.05, 3.63) is 29.8 Å². The van der Waals surface area contributed by atoms with Crippen LogP contribution in [0.5, 0.6) is 5.75 Å². The Hall–Kier alpha value is -1.57. The van der Waals surface area contributed by atoms with Gasteiger partial charge >= 0.3 is 0 Å². The molecule has 0 radical (unpaired) electrons. The predicted molar refractivity (Wildman–Crippen MR) is 82.1 cm³/mol. The summed E-state index contributed by atoms with van der Waals surface area (Å²) in [5, 5.41) is 18.7. The summed E-state index contributed by atoms with van der Waals surface area (Å²) in [5.74, 6) is 0.738. The van der Waals surface area contributed by atoms with E-state index in [2.05, 4.69) is 17.9 Å². The summed E-state index contributed by atoms with van der Waals surface area (Å²) in [6.07, 6.45) is 3.67. The Kier molecular flexibility index (Phi) is 6.04. The van der Waals surface area contributed by atoms with Gasteiger partial charge in [0.15, 0.2) is 0 Å². The maximum absolute atomic E-state index is 10.1. The number of aliphatic hydroxyl groups excluding tert-OH is 1. The smallest absolute Gasteiger partial charge is 0.119 e. The molecule has 4 nitrogen and oxygen atoms in total. The molecule has 2 rings (SSSR count). The fourth-order valence-corrected chi connectivity index (χ4v) is 2.74. The summed E-state index contributed by atoms with van der Waals surface area (Å²) in [6.45, 7) is 4.27. The van der Waals surface area contributed by atoms with Crippen molar-refractivity contribution in [1.82, 2.24) is 4.90 Å². The molecule has 1 aliphatic heterocycles. The molecule has 0 aromatic heterocycles. The van der Waals surface area contributed by atoms with Gasteiger partial charge < -0.3 is 9.84 Å². The van der Waals surface area contributed by atoms with E-state index in [1.807, 2.05) is 24.3 Å². The summed E-state index contributed by atoms with van der Waals surface area (Å²) in [5.41, 5.74) is 0.979. The van der Waals surface area contributed by atoms with Crippen molar-refractivity contribution < 1.29 is 9.84 Å². The second-order valence-corrected chi connectivity index (χ2v) is 5.78. The van der Waals surface area contributed by atoms with Crippen LogP contribution in [0.15, 0.2) is 24.3 Å². The molecule has 1 aromatic carbocycles. The second-order valence-electron chi connectivity index (χ2n) is 5.78. The number of hydrogen-bond acceptors (Lipinski definition) is 4. The SMILES string of the molecule is CC1CCCCN1CC(O)COc1ccc(CC#N)cc1. The van der Waals surface area contributed by atoms with Crippen molar-refractivity contribution in [1.29, 1.82) is 5.26 Å². The number of nitrogens with zero attached hydrogens (tertiary/aromatic N) is 2. The molecule has 1 fully saturated rings. The van der Waals surface area contributed by atoms with Crippen LogP contribution in [0.25, 0.3) is 0 Å². The van der Waals surface area contributed by atoms with Gasteiger partial charge in [0, 0.05) is 12.6 Å². The normalized spacial score (nSPS) is 20.7. The van der Waals surface area contributed by atoms with E-state index in [0.717, 1.165) is 17.9 Å². The van der Waals surface area contributed by atoms with E-state index in [4.69, 9.17) is 10.00 Å². The largest absolute Gasteiger partial charge is 0.491 e. The number of piperidine rings is 1. The quantitative estimate of drug-likeness (QED) is 0.873. The summed E-state index contributed by atoms with van der Waals surface area (Å²) >= 11 is 0. The molecule has 1 aromatic rings. The van der Waals surface area contributed by atoms with Crippen LogP contribution in [-0.2, 0) is 6.42 Å². The zero-order valence-electron chi connectivity index (χ0n) is 12.7. The van der Waals surface area contributed by atoms with Crippen molar-refractivity contribution in [2.75, 3.05) is 19.7 Å². The Bertz CT molecular complexity index is 467. The fraction of sp³-hybridized carbons (Fsp3) is 0.588. The highest BCUT2D eigenvalue weighted by Crippen LogP contribution is 2.17. The summed E-state index contributed by atoms with van der Waals surface area (Å²) in [4.78, 5) is 2.34. The van der Waals surface area contributed by atoms with Gasteiger partial charge in [-0.3, -0.25) is 4.90 Å². The highest BCUT2D eigenvalue weighted by Gasteiger charge is 2.20. The first-order chi connectivity index (χ1) is 10.2. The predicted octanol–water partition coefficient (Wildman–Crippen LogP) is 2.37. The van der Waals surface area contributed by atoms with Crippen molar-refractivity contribution in [2.24, 2.45) is 0 Å². The van der Waals surface area contributed by atoms with E-state index in [0.29, 0.717) is 25.6 Å². The summed E-state index contributed by atoms with van der Waals surface area (Å²) in [7, 11) is 0. The van der Waals surface area contributed by atoms with Crippen LogP contribution in [0.2, 0.25) is 0 Å². The number of benzene rings is 1. The number of aliphatic hydroxyl groups is 1. The van der Waals surface area contributed by atoms with Crippen molar-refractivity contribution >= 4 is 0 Å². The van der Waals surface area contributed by atoms with Gasteiger partial charge in [-0.15, -0.1) is 0 Å². The van der Waals surface area contributed by atoms with Gasteiger partial charge in [-0.1, -0.05) is 18.6 Å². The number of β-amino-alcohol motifs (C(OH)–C–C–N with tert-alkyl or cyclic N) is 1. The van der Waals surface area contributed by atoms with Gasteiger partial charge in [0.2, 0.25) is 0 Å². The lowest BCUT2D eigenvalue weighted by Gasteiger charge is -2.34. The highest BCUT2D eigenvalue weighted by atomic mass is 16.5. The fourth-order valence-electron chi connectivity index (χ4n) is 2.74. The molecule has 1 saturated heterocycles. The molecule has 1 aliphatic rings. The van der Waals surface area contributed by atoms with Crippen molar-refractivity contribution in [3.63, 3.8) is 0 Å². The van der Waals surface area contributed by atoms with Crippen LogP contribution in [-0.4, -0.2) is 41.8 Å². The Morgan fingerprint density at radius 1 is 1.38 bits per heavy atom. The standard InChI is InChI=1S/C17H24N2O2/c1-14-4-2-3-11-19(14)12-16(20)13-21-17-7-5-15(6-8-17)9-10-18/h5-8,14,16,20H,2-4,9,11-13H2,1H3. The lowest BCUT2D eigenvalue weighted by molar-refractivity contribution is 0.0438. The average Bonchev–Trinajstić information content (AvgIpc) is 2.49. The second kappa shape index (κ2) is 8.02. The number of nitriles is 1. The van der Waals surface area contributed by atoms with Gasteiger partial charge in [0.05, 0.1) is 12.5 Å². The number of likely N-dealkylation sites (tertiary alicyclic amines) is 1. The van der Waals surface area contributed by atoms with E-state index in [-0.39, 0.29) is 0 Å². The number of hydrogen-bond donors (Lipinski definition) is 1. The first-order valence-corrected chi connectivity index (χ1v) is 7.70. The van der Waals surface area contributed by atoms with Gasteiger partial charge in [0.25, 0.3) is 0 Å². The Balaban J connectivity index is 1.75. The molecular weight excluding hydrogens is 264 g/mol. The van der Waals surface area contributed by atoms with Crippen LogP contribution in [0.3, 0.4) is 0 Å². The lowest BCUT2D eigenvalue weighted by Crippen LogP contribution is -2.43. The third kappa shape index (κ3) is 5.04. The molecule has 1 N–H and O–H groups in total. The van der Waals surface area contributed by atoms with E-state index in [9.17, 15) is 5.11 Å². The Labute approximate surface area is 127 Å². The first kappa shape index (κ1) is 15.8. The number of ether oxygens (including phenoxy) is 1. The lowest BCUT2D eigenvalue weighted by atomic mass is 10.0. The minimum Gasteiger partial charge on any atom is -0.491 e. The van der Waals surface area contributed by atoms with Gasteiger partial charge in [0.1, 0.15) is 18.5 Å². The minimum atomic E-state index is -0.468. The van der Waals surface area contributed by atoms with Crippen LogP contribution < -0.4 is 4.74 Å². The number of rotatable bonds is 6. The van der Waals surface area contributed by atoms with E-state index in [1.54, 1.807) is 0 Å². The molecule has 0 amide bonds. The van der Waals surface area contributed by atoms with Crippen molar-refractivity contribution in [3.8, 4) is 11.8 Å². The zero-order valence-corrected chi connectivity index (χ0v) is 12.7. The molecule has 2 atom stereocenters. The van der Waals surface area contributed by atoms with E-state index < -0.39 is 6.10 Å². The van der Waals surface area contributed by atoms with Crippen LogP contribution in [0, 0.1) is 11.3 Å².